The van der Waals surface area contributed by atoms with Gasteiger partial charge in [0.05, 0.1) is 11.4 Å². The second kappa shape index (κ2) is 3.00. The van der Waals surface area contributed by atoms with E-state index in [0.717, 1.165) is 0 Å². The fourth-order valence-electron chi connectivity index (χ4n) is 0.746. The van der Waals surface area contributed by atoms with Crippen molar-refractivity contribution in [2.24, 2.45) is 0 Å². The van der Waals surface area contributed by atoms with Crippen molar-refractivity contribution in [2.45, 2.75) is 4.90 Å². The predicted molar refractivity (Wildman–Crippen MR) is 47.0 cm³/mol. The second-order valence-corrected chi connectivity index (χ2v) is 2.93. The van der Waals surface area contributed by atoms with Gasteiger partial charge in [0.15, 0.2) is 5.82 Å². The Hall–Kier alpha value is -0.900. The number of benzene rings is 1. The first-order chi connectivity index (χ1) is 5.16. The molecule has 1 aromatic carbocycles. The average molecular weight is 172 g/mol. The molecule has 0 atom stereocenters. The Morgan fingerprint density at radius 2 is 2.00 bits per heavy atom. The first-order valence-electron chi connectivity index (χ1n) is 3.04. The number of nitrogen functional groups attached to an aromatic ring is 2. The number of nitrogens with two attached hydrogens (primary N) is 2. The Bertz CT molecular complexity index is 275. The lowest BCUT2D eigenvalue weighted by atomic mass is 10.2. The van der Waals surface area contributed by atoms with Gasteiger partial charge in [-0.1, -0.05) is 0 Å². The summed E-state index contributed by atoms with van der Waals surface area (Å²) < 4.78 is 13.0. The zero-order valence-electron chi connectivity index (χ0n) is 6.10. The van der Waals surface area contributed by atoms with Crippen LogP contribution in [0, 0.1) is 5.82 Å². The first kappa shape index (κ1) is 8.20. The molecule has 0 spiro atoms. The number of hydrogen-bond acceptors (Lipinski definition) is 3. The molecule has 0 aliphatic heterocycles. The minimum absolute atomic E-state index is 0.0388. The maximum absolute atomic E-state index is 13.0. The summed E-state index contributed by atoms with van der Waals surface area (Å²) in [7, 11) is 0. The molecule has 0 bridgehead atoms. The van der Waals surface area contributed by atoms with E-state index in [4.69, 9.17) is 11.5 Å². The van der Waals surface area contributed by atoms with E-state index >= 15 is 0 Å². The Morgan fingerprint density at radius 1 is 1.36 bits per heavy atom. The number of thioether (sulfide) groups is 1. The monoisotopic (exact) mass is 172 g/mol. The molecule has 4 N–H and O–H groups in total. The van der Waals surface area contributed by atoms with E-state index in [0.29, 0.717) is 10.6 Å². The smallest absolute Gasteiger partial charge is 0.161 e. The highest BCUT2D eigenvalue weighted by atomic mass is 32.2. The Labute approximate surface area is 68.8 Å². The van der Waals surface area contributed by atoms with Crippen molar-refractivity contribution in [1.82, 2.24) is 0 Å². The Kier molecular flexibility index (Phi) is 2.24. The van der Waals surface area contributed by atoms with Crippen molar-refractivity contribution in [1.29, 1.82) is 0 Å². The standard InChI is InChI=1S/C7H9FN2S/c1-11-5-3-2-4(9)7(10)6(5)8/h2-3H,9-10H2,1H3. The molecule has 0 aliphatic rings. The molecular weight excluding hydrogens is 163 g/mol. The third-order valence-corrected chi connectivity index (χ3v) is 2.15. The molecule has 0 saturated heterocycles. The quantitative estimate of drug-likeness (QED) is 0.501. The topological polar surface area (TPSA) is 52.0 Å². The molecule has 0 radical (unpaired) electrons. The van der Waals surface area contributed by atoms with Crippen molar-refractivity contribution >= 4 is 23.1 Å². The molecule has 0 amide bonds. The summed E-state index contributed by atoms with van der Waals surface area (Å²) in [5.41, 5.74) is 11.0. The third kappa shape index (κ3) is 1.40. The molecule has 0 aromatic heterocycles. The van der Waals surface area contributed by atoms with E-state index in [2.05, 4.69) is 0 Å². The lowest BCUT2D eigenvalue weighted by Gasteiger charge is -2.04. The molecular formula is C7H9FN2S. The number of hydrogen-bond donors (Lipinski definition) is 2. The van der Waals surface area contributed by atoms with Crippen LogP contribution in [0.1, 0.15) is 0 Å². The Morgan fingerprint density at radius 3 is 2.55 bits per heavy atom. The van der Waals surface area contributed by atoms with Gasteiger partial charge in [-0.15, -0.1) is 11.8 Å². The van der Waals surface area contributed by atoms with E-state index in [1.807, 2.05) is 0 Å². The Balaban J connectivity index is 3.25. The van der Waals surface area contributed by atoms with Crippen LogP contribution in [-0.2, 0) is 0 Å². The SMILES string of the molecule is CSc1ccc(N)c(N)c1F. The summed E-state index contributed by atoms with van der Waals surface area (Å²) >= 11 is 1.31. The van der Waals surface area contributed by atoms with Crippen LogP contribution in [0.5, 0.6) is 0 Å². The molecule has 0 saturated carbocycles. The van der Waals surface area contributed by atoms with Gasteiger partial charge in [-0.25, -0.2) is 4.39 Å². The van der Waals surface area contributed by atoms with Crippen LogP contribution >= 0.6 is 11.8 Å². The van der Waals surface area contributed by atoms with Crippen LogP contribution in [0.2, 0.25) is 0 Å². The first-order valence-corrected chi connectivity index (χ1v) is 4.26. The zero-order valence-corrected chi connectivity index (χ0v) is 6.91. The second-order valence-electron chi connectivity index (χ2n) is 2.08. The molecule has 0 aliphatic carbocycles. The van der Waals surface area contributed by atoms with E-state index < -0.39 is 5.82 Å². The molecule has 0 unspecified atom stereocenters. The van der Waals surface area contributed by atoms with Crippen LogP contribution in [0.15, 0.2) is 17.0 Å². The van der Waals surface area contributed by atoms with E-state index in [9.17, 15) is 4.39 Å². The number of rotatable bonds is 1. The van der Waals surface area contributed by atoms with Crippen LogP contribution in [-0.4, -0.2) is 6.26 Å². The molecule has 11 heavy (non-hydrogen) atoms. The van der Waals surface area contributed by atoms with Gasteiger partial charge < -0.3 is 11.5 Å². The highest BCUT2D eigenvalue weighted by molar-refractivity contribution is 7.98. The van der Waals surface area contributed by atoms with Gasteiger partial charge in [-0.05, 0) is 18.4 Å². The number of anilines is 2. The van der Waals surface area contributed by atoms with Gasteiger partial charge >= 0.3 is 0 Å². The van der Waals surface area contributed by atoms with Gasteiger partial charge in [0.1, 0.15) is 0 Å². The van der Waals surface area contributed by atoms with Crippen LogP contribution in [0.3, 0.4) is 0 Å². The van der Waals surface area contributed by atoms with Crippen molar-refractivity contribution in [2.75, 3.05) is 17.7 Å². The van der Waals surface area contributed by atoms with Gasteiger partial charge in [0.25, 0.3) is 0 Å². The molecule has 60 valence electrons. The molecule has 1 aromatic rings. The van der Waals surface area contributed by atoms with E-state index in [1.54, 1.807) is 18.4 Å². The molecule has 2 nitrogen and oxygen atoms in total. The molecule has 0 heterocycles. The summed E-state index contributed by atoms with van der Waals surface area (Å²) in [5, 5.41) is 0. The lowest BCUT2D eigenvalue weighted by molar-refractivity contribution is 0.608. The fourth-order valence-corrected chi connectivity index (χ4v) is 1.24. The van der Waals surface area contributed by atoms with Crippen molar-refractivity contribution < 1.29 is 4.39 Å². The van der Waals surface area contributed by atoms with Gasteiger partial charge in [0.2, 0.25) is 0 Å². The summed E-state index contributed by atoms with van der Waals surface area (Å²) in [4.78, 5) is 0.525. The average Bonchev–Trinajstić information content (AvgIpc) is 2.01. The van der Waals surface area contributed by atoms with Crippen LogP contribution in [0.25, 0.3) is 0 Å². The van der Waals surface area contributed by atoms with Crippen molar-refractivity contribution in [3.8, 4) is 0 Å². The van der Waals surface area contributed by atoms with Crippen molar-refractivity contribution in [3.63, 3.8) is 0 Å². The van der Waals surface area contributed by atoms with Crippen LogP contribution in [0.4, 0.5) is 15.8 Å². The maximum Gasteiger partial charge on any atom is 0.161 e. The number of halogens is 1. The minimum atomic E-state index is -0.419. The van der Waals surface area contributed by atoms with Gasteiger partial charge in [-0.3, -0.25) is 0 Å². The summed E-state index contributed by atoms with van der Waals surface area (Å²) in [6.45, 7) is 0. The zero-order chi connectivity index (χ0) is 8.43. The molecule has 0 fully saturated rings. The van der Waals surface area contributed by atoms with E-state index in [1.165, 1.54) is 11.8 Å². The third-order valence-electron chi connectivity index (χ3n) is 1.40. The largest absolute Gasteiger partial charge is 0.397 e. The van der Waals surface area contributed by atoms with E-state index in [-0.39, 0.29) is 5.69 Å². The molecule has 4 heteroatoms. The summed E-state index contributed by atoms with van der Waals surface area (Å²) in [5.74, 6) is -0.419. The fraction of sp³-hybridized carbons (Fsp3) is 0.143. The van der Waals surface area contributed by atoms with Crippen LogP contribution < -0.4 is 11.5 Å². The minimum Gasteiger partial charge on any atom is -0.397 e. The highest BCUT2D eigenvalue weighted by Gasteiger charge is 2.06. The van der Waals surface area contributed by atoms with Gasteiger partial charge in [0, 0.05) is 4.90 Å². The summed E-state index contributed by atoms with van der Waals surface area (Å²) in [6, 6.07) is 3.22. The van der Waals surface area contributed by atoms with Crippen molar-refractivity contribution in [3.05, 3.63) is 17.9 Å². The summed E-state index contributed by atoms with van der Waals surface area (Å²) in [6.07, 6.45) is 1.79. The normalized spacial score (nSPS) is 10.0. The van der Waals surface area contributed by atoms with Gasteiger partial charge in [-0.2, -0.15) is 0 Å². The lowest BCUT2D eigenvalue weighted by Crippen LogP contribution is -1.98. The predicted octanol–water partition coefficient (Wildman–Crippen LogP) is 1.71. The maximum atomic E-state index is 13.0. The molecule has 1 rings (SSSR count). The highest BCUT2D eigenvalue weighted by Crippen LogP contribution is 2.27.